The first-order valence-electron chi connectivity index (χ1n) is 9.12. The van der Waals surface area contributed by atoms with Crippen LogP contribution in [0.25, 0.3) is 6.08 Å². The van der Waals surface area contributed by atoms with Gasteiger partial charge in [0.2, 0.25) is 0 Å². The number of halogens is 3. The van der Waals surface area contributed by atoms with E-state index in [0.29, 0.717) is 22.5 Å². The molecule has 2 aromatic heterocycles. The molecule has 3 aromatic rings. The lowest BCUT2D eigenvalue weighted by atomic mass is 10.2. The SMILES string of the molecule is CNC(=O)c1cncnc1Nc1cc(Nc2ccc3c(c2)=CC(=O)N=3)ncc1C(F)(F)F. The minimum atomic E-state index is -4.71. The molecule has 0 bridgehead atoms. The first-order valence-corrected chi connectivity index (χ1v) is 9.12. The summed E-state index contributed by atoms with van der Waals surface area (Å²) in [6.07, 6.45) is -0.393. The van der Waals surface area contributed by atoms with E-state index >= 15 is 0 Å². The Morgan fingerprint density at radius 3 is 2.62 bits per heavy atom. The third-order valence-electron chi connectivity index (χ3n) is 4.46. The molecule has 1 aromatic carbocycles. The molecule has 12 heteroatoms. The zero-order valence-corrected chi connectivity index (χ0v) is 16.4. The normalized spacial score (nSPS) is 12.4. The predicted molar refractivity (Wildman–Crippen MR) is 108 cm³/mol. The highest BCUT2D eigenvalue weighted by molar-refractivity contribution is 6.06. The fourth-order valence-corrected chi connectivity index (χ4v) is 2.99. The van der Waals surface area contributed by atoms with E-state index in [-0.39, 0.29) is 28.8 Å². The largest absolute Gasteiger partial charge is 0.419 e. The van der Waals surface area contributed by atoms with E-state index in [9.17, 15) is 22.8 Å². The quantitative estimate of drug-likeness (QED) is 0.551. The number of aromatic nitrogens is 3. The van der Waals surface area contributed by atoms with Crippen LogP contribution in [0, 0.1) is 0 Å². The van der Waals surface area contributed by atoms with Crippen molar-refractivity contribution in [2.75, 3.05) is 17.7 Å². The summed E-state index contributed by atoms with van der Waals surface area (Å²) in [5.41, 5.74) is -0.943. The second-order valence-electron chi connectivity index (χ2n) is 6.60. The Bertz CT molecular complexity index is 1360. The van der Waals surface area contributed by atoms with Crippen LogP contribution >= 0.6 is 0 Å². The Labute approximate surface area is 178 Å². The summed E-state index contributed by atoms with van der Waals surface area (Å²) < 4.78 is 40.7. The molecule has 0 spiro atoms. The number of rotatable bonds is 5. The van der Waals surface area contributed by atoms with Crippen molar-refractivity contribution in [3.8, 4) is 0 Å². The number of fused-ring (bicyclic) bond motifs is 1. The number of carbonyl (C=O) groups excluding carboxylic acids is 2. The van der Waals surface area contributed by atoms with Gasteiger partial charge in [-0.2, -0.15) is 13.2 Å². The summed E-state index contributed by atoms with van der Waals surface area (Å²) in [6, 6.07) is 6.00. The van der Waals surface area contributed by atoms with Gasteiger partial charge in [0.1, 0.15) is 23.5 Å². The molecule has 0 aliphatic carbocycles. The number of carbonyl (C=O) groups is 2. The smallest absolute Gasteiger partial charge is 0.355 e. The Kier molecular flexibility index (Phi) is 5.26. The molecule has 0 unspecified atom stereocenters. The topological polar surface area (TPSA) is 121 Å². The van der Waals surface area contributed by atoms with Gasteiger partial charge in [-0.25, -0.2) is 19.9 Å². The van der Waals surface area contributed by atoms with Gasteiger partial charge in [0.05, 0.1) is 16.6 Å². The van der Waals surface area contributed by atoms with Gasteiger partial charge >= 0.3 is 6.18 Å². The molecule has 0 radical (unpaired) electrons. The van der Waals surface area contributed by atoms with Gasteiger partial charge in [-0.15, -0.1) is 0 Å². The Morgan fingerprint density at radius 2 is 1.88 bits per heavy atom. The number of hydrogen-bond acceptors (Lipinski definition) is 7. The molecule has 3 heterocycles. The second-order valence-corrected chi connectivity index (χ2v) is 6.60. The van der Waals surface area contributed by atoms with Crippen molar-refractivity contribution >= 4 is 40.9 Å². The standard InChI is InChI=1S/C20H14F3N7O2/c1-24-19(32)12-7-25-9-27-18(12)30-15-6-16(26-8-13(15)20(21,22)23)28-11-2-3-14-10(4-11)5-17(31)29-14/h2-9H,1H3,(H,24,32)(H2,25,26,27,28,30). The average Bonchev–Trinajstić information content (AvgIpc) is 3.12. The number of pyridine rings is 1. The van der Waals surface area contributed by atoms with Crippen molar-refractivity contribution in [3.63, 3.8) is 0 Å². The van der Waals surface area contributed by atoms with Crippen LogP contribution < -0.4 is 26.5 Å². The van der Waals surface area contributed by atoms with Gasteiger partial charge in [0.15, 0.2) is 0 Å². The molecular formula is C20H14F3N7O2. The number of alkyl halides is 3. The van der Waals surface area contributed by atoms with Gasteiger partial charge in [-0.05, 0) is 18.2 Å². The van der Waals surface area contributed by atoms with Crippen molar-refractivity contribution in [2.24, 2.45) is 4.99 Å². The minimum Gasteiger partial charge on any atom is -0.355 e. The van der Waals surface area contributed by atoms with Crippen molar-refractivity contribution in [1.29, 1.82) is 0 Å². The molecule has 162 valence electrons. The maximum Gasteiger partial charge on any atom is 0.419 e. The maximum atomic E-state index is 13.6. The van der Waals surface area contributed by atoms with Gasteiger partial charge in [-0.3, -0.25) is 9.59 Å². The number of hydrogen-bond donors (Lipinski definition) is 3. The van der Waals surface area contributed by atoms with E-state index in [1.54, 1.807) is 18.2 Å². The van der Waals surface area contributed by atoms with E-state index in [2.05, 4.69) is 35.9 Å². The summed E-state index contributed by atoms with van der Waals surface area (Å²) in [7, 11) is 1.38. The number of nitrogens with zero attached hydrogens (tertiary/aromatic N) is 4. The fourth-order valence-electron chi connectivity index (χ4n) is 2.99. The zero-order valence-electron chi connectivity index (χ0n) is 16.4. The molecular weight excluding hydrogens is 427 g/mol. The van der Waals surface area contributed by atoms with E-state index in [0.717, 1.165) is 12.4 Å². The van der Waals surface area contributed by atoms with Crippen LogP contribution in [0.2, 0.25) is 0 Å². The molecule has 0 saturated carbocycles. The molecule has 0 atom stereocenters. The van der Waals surface area contributed by atoms with Gasteiger partial charge in [0, 0.05) is 42.5 Å². The van der Waals surface area contributed by atoms with Crippen LogP contribution in [-0.2, 0) is 11.0 Å². The first-order chi connectivity index (χ1) is 15.2. The molecule has 1 aliphatic rings. The average molecular weight is 441 g/mol. The first kappa shape index (κ1) is 20.9. The lowest BCUT2D eigenvalue weighted by molar-refractivity contribution is -0.137. The Balaban J connectivity index is 1.71. The fraction of sp³-hybridized carbons (Fsp3) is 0.100. The third kappa shape index (κ3) is 4.24. The summed E-state index contributed by atoms with van der Waals surface area (Å²) >= 11 is 0. The van der Waals surface area contributed by atoms with Gasteiger partial charge in [-0.1, -0.05) is 0 Å². The molecule has 0 fully saturated rings. The molecule has 2 amide bonds. The highest BCUT2D eigenvalue weighted by Gasteiger charge is 2.34. The Hall–Kier alpha value is -4.35. The van der Waals surface area contributed by atoms with Crippen molar-refractivity contribution in [3.05, 3.63) is 64.7 Å². The van der Waals surface area contributed by atoms with Crippen LogP contribution in [-0.4, -0.2) is 33.8 Å². The Morgan fingerprint density at radius 1 is 1.06 bits per heavy atom. The van der Waals surface area contributed by atoms with Crippen LogP contribution in [0.4, 0.5) is 36.2 Å². The van der Waals surface area contributed by atoms with E-state index in [1.165, 1.54) is 19.3 Å². The van der Waals surface area contributed by atoms with Crippen molar-refractivity contribution in [2.45, 2.75) is 6.18 Å². The monoisotopic (exact) mass is 441 g/mol. The third-order valence-corrected chi connectivity index (χ3v) is 4.46. The van der Waals surface area contributed by atoms with E-state index < -0.39 is 17.6 Å². The number of nitrogens with one attached hydrogen (secondary N) is 3. The summed E-state index contributed by atoms with van der Waals surface area (Å²) in [4.78, 5) is 38.7. The number of anilines is 4. The highest BCUT2D eigenvalue weighted by Crippen LogP contribution is 2.37. The zero-order chi connectivity index (χ0) is 22.9. The number of benzene rings is 1. The van der Waals surface area contributed by atoms with Crippen molar-refractivity contribution in [1.82, 2.24) is 20.3 Å². The van der Waals surface area contributed by atoms with E-state index in [1.807, 2.05) is 0 Å². The number of amides is 2. The molecule has 9 nitrogen and oxygen atoms in total. The van der Waals surface area contributed by atoms with Crippen LogP contribution in [0.15, 0.2) is 48.0 Å². The molecule has 3 N–H and O–H groups in total. The minimum absolute atomic E-state index is 0.0305. The highest BCUT2D eigenvalue weighted by atomic mass is 19.4. The van der Waals surface area contributed by atoms with Crippen molar-refractivity contribution < 1.29 is 22.8 Å². The second kappa shape index (κ2) is 8.06. The molecule has 1 aliphatic heterocycles. The molecule has 0 saturated heterocycles. The maximum absolute atomic E-state index is 13.6. The molecule has 32 heavy (non-hydrogen) atoms. The van der Waals surface area contributed by atoms with Gasteiger partial charge in [0.25, 0.3) is 11.8 Å². The molecule has 4 rings (SSSR count). The van der Waals surface area contributed by atoms with Gasteiger partial charge < -0.3 is 16.0 Å². The van der Waals surface area contributed by atoms with Crippen LogP contribution in [0.3, 0.4) is 0 Å². The van der Waals surface area contributed by atoms with Crippen LogP contribution in [0.1, 0.15) is 15.9 Å². The lowest BCUT2D eigenvalue weighted by Gasteiger charge is -2.16. The van der Waals surface area contributed by atoms with E-state index in [4.69, 9.17) is 0 Å². The summed E-state index contributed by atoms with van der Waals surface area (Å²) in [5, 5.41) is 8.93. The summed E-state index contributed by atoms with van der Waals surface area (Å²) in [6.45, 7) is 0. The predicted octanol–water partition coefficient (Wildman–Crippen LogP) is 1.68. The lowest BCUT2D eigenvalue weighted by Crippen LogP contribution is -2.21. The summed E-state index contributed by atoms with van der Waals surface area (Å²) in [5.74, 6) is -0.956. The van der Waals surface area contributed by atoms with Crippen LogP contribution in [0.5, 0.6) is 0 Å².